The Labute approximate surface area is 221 Å². The lowest BCUT2D eigenvalue weighted by Gasteiger charge is -2.12. The summed E-state index contributed by atoms with van der Waals surface area (Å²) >= 11 is 13.2. The van der Waals surface area contributed by atoms with Gasteiger partial charge >= 0.3 is 5.97 Å². The van der Waals surface area contributed by atoms with Crippen molar-refractivity contribution in [3.63, 3.8) is 0 Å². The van der Waals surface area contributed by atoms with Crippen LogP contribution in [0.2, 0.25) is 10.0 Å². The summed E-state index contributed by atoms with van der Waals surface area (Å²) in [6.45, 7) is 0.274. The second-order valence-electron chi connectivity index (χ2n) is 7.67. The van der Waals surface area contributed by atoms with Crippen LogP contribution in [-0.2, 0) is 11.4 Å². The van der Waals surface area contributed by atoms with Crippen LogP contribution in [0, 0.1) is 0 Å². The molecule has 1 N–H and O–H groups in total. The Balaban J connectivity index is 1.52. The number of thioether (sulfide) groups is 1. The van der Waals surface area contributed by atoms with Gasteiger partial charge in [-0.3, -0.25) is 9.69 Å². The summed E-state index contributed by atoms with van der Waals surface area (Å²) < 4.78 is 11.4. The molecule has 1 fully saturated rings. The van der Waals surface area contributed by atoms with E-state index >= 15 is 0 Å². The molecule has 1 aliphatic heterocycles. The minimum absolute atomic E-state index is 0.123. The van der Waals surface area contributed by atoms with Gasteiger partial charge in [0.1, 0.15) is 6.61 Å². The van der Waals surface area contributed by atoms with E-state index in [9.17, 15) is 14.7 Å². The molecule has 0 radical (unpaired) electrons. The van der Waals surface area contributed by atoms with Crippen LogP contribution in [0.5, 0.6) is 11.5 Å². The first kappa shape index (κ1) is 25.6. The molecule has 1 amide bonds. The Hall–Kier alpha value is -3.46. The number of halogens is 2. The number of amides is 1. The van der Waals surface area contributed by atoms with Crippen molar-refractivity contribution in [1.82, 2.24) is 4.90 Å². The maximum Gasteiger partial charge on any atom is 0.335 e. The maximum atomic E-state index is 12.8. The lowest BCUT2D eigenvalue weighted by molar-refractivity contribution is -0.121. The van der Waals surface area contributed by atoms with Gasteiger partial charge in [0, 0.05) is 7.05 Å². The average Bonchev–Trinajstić information content (AvgIpc) is 3.12. The lowest BCUT2D eigenvalue weighted by Crippen LogP contribution is -2.23. The number of hydrogen-bond acceptors (Lipinski definition) is 6. The van der Waals surface area contributed by atoms with Crippen LogP contribution in [0.1, 0.15) is 21.5 Å². The molecule has 0 aromatic heterocycles. The van der Waals surface area contributed by atoms with Crippen LogP contribution in [-0.4, -0.2) is 41.2 Å². The van der Waals surface area contributed by atoms with Gasteiger partial charge in [0.2, 0.25) is 0 Å². The van der Waals surface area contributed by atoms with Gasteiger partial charge < -0.3 is 14.6 Å². The molecular formula is C26H20Cl2N2O5S. The summed E-state index contributed by atoms with van der Waals surface area (Å²) in [6.07, 6.45) is 1.74. The van der Waals surface area contributed by atoms with Crippen LogP contribution >= 0.6 is 35.0 Å². The molecule has 3 aromatic carbocycles. The van der Waals surface area contributed by atoms with Gasteiger partial charge in [-0.25, -0.2) is 9.79 Å². The highest BCUT2D eigenvalue weighted by molar-refractivity contribution is 8.18. The van der Waals surface area contributed by atoms with E-state index in [-0.39, 0.29) is 18.1 Å². The molecule has 0 spiro atoms. The molecule has 0 atom stereocenters. The lowest BCUT2D eigenvalue weighted by atomic mass is 10.2. The zero-order valence-electron chi connectivity index (χ0n) is 19.2. The number of rotatable bonds is 7. The number of ether oxygens (including phenoxy) is 2. The van der Waals surface area contributed by atoms with E-state index in [1.54, 1.807) is 49.5 Å². The molecule has 36 heavy (non-hydrogen) atoms. The molecular weight excluding hydrogens is 523 g/mol. The largest absolute Gasteiger partial charge is 0.493 e. The predicted molar refractivity (Wildman–Crippen MR) is 143 cm³/mol. The van der Waals surface area contributed by atoms with Crippen LogP contribution in [0.3, 0.4) is 0 Å². The fraction of sp³-hybridized carbons (Fsp3) is 0.115. The molecule has 10 heteroatoms. The molecule has 184 valence electrons. The van der Waals surface area contributed by atoms with Crippen molar-refractivity contribution < 1.29 is 24.2 Å². The number of methoxy groups -OCH3 is 1. The molecule has 1 aliphatic rings. The van der Waals surface area contributed by atoms with E-state index < -0.39 is 5.97 Å². The second-order valence-corrected chi connectivity index (χ2v) is 9.50. The number of aliphatic imine (C=N–C) groups is 1. The smallest absolute Gasteiger partial charge is 0.335 e. The minimum Gasteiger partial charge on any atom is -0.493 e. The van der Waals surface area contributed by atoms with E-state index in [0.29, 0.717) is 37.3 Å². The first-order valence-corrected chi connectivity index (χ1v) is 12.2. The average molecular weight is 543 g/mol. The molecule has 7 nitrogen and oxygen atoms in total. The highest BCUT2D eigenvalue weighted by atomic mass is 35.5. The zero-order valence-corrected chi connectivity index (χ0v) is 21.5. The summed E-state index contributed by atoms with van der Waals surface area (Å²) in [5, 5.41) is 10.6. The van der Waals surface area contributed by atoms with E-state index in [1.807, 2.05) is 12.1 Å². The number of hydrogen-bond donors (Lipinski definition) is 1. The van der Waals surface area contributed by atoms with Gasteiger partial charge in [-0.2, -0.15) is 0 Å². The molecule has 1 saturated heterocycles. The SMILES string of the molecule is COc1cc(/C=C2\SC(=Nc3cccc(C(=O)O)c3)N(C)C2=O)ccc1OCc1ccc(Cl)c(Cl)c1. The van der Waals surface area contributed by atoms with Gasteiger partial charge in [0.05, 0.1) is 33.3 Å². The Morgan fingerprint density at radius 2 is 1.89 bits per heavy atom. The third-order valence-electron chi connectivity index (χ3n) is 5.19. The Bertz CT molecular complexity index is 1410. The number of nitrogens with zero attached hydrogens (tertiary/aromatic N) is 2. The molecule has 0 bridgehead atoms. The summed E-state index contributed by atoms with van der Waals surface area (Å²) in [4.78, 5) is 30.4. The highest BCUT2D eigenvalue weighted by Crippen LogP contribution is 2.35. The van der Waals surface area contributed by atoms with Crippen molar-refractivity contribution in [3.8, 4) is 11.5 Å². The number of carbonyl (C=O) groups is 2. The first-order chi connectivity index (χ1) is 17.2. The normalized spacial score (nSPS) is 15.6. The number of aromatic carboxylic acids is 1. The third-order valence-corrected chi connectivity index (χ3v) is 6.98. The number of carboxylic acid groups (broad SMARTS) is 1. The van der Waals surface area contributed by atoms with E-state index in [2.05, 4.69) is 4.99 Å². The Morgan fingerprint density at radius 1 is 1.08 bits per heavy atom. The third kappa shape index (κ3) is 5.84. The van der Waals surface area contributed by atoms with Gasteiger partial charge in [-0.1, -0.05) is 41.4 Å². The molecule has 0 aliphatic carbocycles. The molecule has 3 aromatic rings. The van der Waals surface area contributed by atoms with E-state index in [4.69, 9.17) is 32.7 Å². The Kier molecular flexibility index (Phi) is 7.88. The van der Waals surface area contributed by atoms with Crippen molar-refractivity contribution in [2.24, 2.45) is 4.99 Å². The van der Waals surface area contributed by atoms with E-state index in [0.717, 1.165) is 11.1 Å². The first-order valence-electron chi connectivity index (χ1n) is 10.6. The summed E-state index contributed by atoms with van der Waals surface area (Å²) in [6, 6.07) is 16.9. The second kappa shape index (κ2) is 11.1. The van der Waals surface area contributed by atoms with Gasteiger partial charge in [-0.05, 0) is 71.4 Å². The number of carbonyl (C=O) groups excluding carboxylic acids is 1. The van der Waals surface area contributed by atoms with Crippen molar-refractivity contribution in [3.05, 3.63) is 92.3 Å². The fourth-order valence-corrected chi connectivity index (χ4v) is 4.61. The van der Waals surface area contributed by atoms with E-state index in [1.165, 1.54) is 35.9 Å². The number of carboxylic acids is 1. The quantitative estimate of drug-likeness (QED) is 0.342. The van der Waals surface area contributed by atoms with Crippen molar-refractivity contribution in [1.29, 1.82) is 0 Å². The van der Waals surface area contributed by atoms with Crippen LogP contribution < -0.4 is 9.47 Å². The van der Waals surface area contributed by atoms with Crippen LogP contribution in [0.4, 0.5) is 5.69 Å². The predicted octanol–water partition coefficient (Wildman–Crippen LogP) is 6.51. The van der Waals surface area contributed by atoms with Crippen LogP contribution in [0.15, 0.2) is 70.6 Å². The monoisotopic (exact) mass is 542 g/mol. The molecule has 0 unspecified atom stereocenters. The summed E-state index contributed by atoms with van der Waals surface area (Å²) in [5.41, 5.74) is 2.17. The summed E-state index contributed by atoms with van der Waals surface area (Å²) in [5.74, 6) is -0.215. The standard InChI is InChI=1S/C26H20Cl2N2O5S/c1-30-24(31)23(36-26(30)29-18-5-3-4-17(13-18)25(32)33)12-15-7-9-21(22(11-15)34-2)35-14-16-6-8-19(27)20(28)10-16/h3-13H,14H2,1-2H3,(H,32,33)/b23-12-,29-26?. The molecule has 4 rings (SSSR count). The van der Waals surface area contributed by atoms with Crippen molar-refractivity contribution >= 4 is 63.8 Å². The van der Waals surface area contributed by atoms with Crippen molar-refractivity contribution in [2.75, 3.05) is 14.2 Å². The highest BCUT2D eigenvalue weighted by Gasteiger charge is 2.30. The molecule has 1 heterocycles. The number of amidine groups is 1. The topological polar surface area (TPSA) is 88.4 Å². The zero-order chi connectivity index (χ0) is 25.8. The van der Waals surface area contributed by atoms with Crippen LogP contribution in [0.25, 0.3) is 6.08 Å². The van der Waals surface area contributed by atoms with Gasteiger partial charge in [-0.15, -0.1) is 0 Å². The number of benzene rings is 3. The van der Waals surface area contributed by atoms with Gasteiger partial charge in [0.15, 0.2) is 16.7 Å². The van der Waals surface area contributed by atoms with Crippen molar-refractivity contribution in [2.45, 2.75) is 6.61 Å². The minimum atomic E-state index is -1.04. The fourth-order valence-electron chi connectivity index (χ4n) is 3.31. The molecule has 0 saturated carbocycles. The summed E-state index contributed by atoms with van der Waals surface area (Å²) in [7, 11) is 3.16. The maximum absolute atomic E-state index is 12.8. The number of likely N-dealkylation sites (N-methyl/N-ethyl adjacent to an activating group) is 1. The Morgan fingerprint density at radius 3 is 2.61 bits per heavy atom. The van der Waals surface area contributed by atoms with Gasteiger partial charge in [0.25, 0.3) is 5.91 Å².